The van der Waals surface area contributed by atoms with Crippen molar-refractivity contribution in [1.29, 1.82) is 0 Å². The first-order valence-electron chi connectivity index (χ1n) is 5.35. The molecule has 0 aliphatic heterocycles. The van der Waals surface area contributed by atoms with Crippen molar-refractivity contribution in [1.82, 2.24) is 4.72 Å². The van der Waals surface area contributed by atoms with Crippen LogP contribution in [0.1, 0.15) is 23.7 Å². The molecule has 1 aromatic rings. The zero-order valence-electron chi connectivity index (χ0n) is 9.94. The van der Waals surface area contributed by atoms with Crippen molar-refractivity contribution in [2.75, 3.05) is 6.54 Å². The number of hydrogen-bond acceptors (Lipinski definition) is 3. The number of carbonyl (C=O) groups is 1. The van der Waals surface area contributed by atoms with Crippen molar-refractivity contribution < 1.29 is 17.6 Å². The minimum atomic E-state index is -3.97. The molecule has 6 heteroatoms. The fourth-order valence-corrected chi connectivity index (χ4v) is 2.43. The van der Waals surface area contributed by atoms with Gasteiger partial charge >= 0.3 is 0 Å². The molecule has 0 amide bonds. The predicted molar refractivity (Wildman–Crippen MR) is 66.4 cm³/mol. The average Bonchev–Trinajstić information content (AvgIpc) is 2.35. The first-order chi connectivity index (χ1) is 8.42. The van der Waals surface area contributed by atoms with Crippen molar-refractivity contribution in [3.8, 4) is 0 Å². The van der Waals surface area contributed by atoms with E-state index < -0.39 is 20.7 Å². The summed E-state index contributed by atoms with van der Waals surface area (Å²) in [6.07, 6.45) is 1.57. The maximum Gasteiger partial charge on any atom is 0.243 e. The Morgan fingerprint density at radius 1 is 1.50 bits per heavy atom. The number of carbonyl (C=O) groups excluding carboxylic acids is 1. The van der Waals surface area contributed by atoms with Crippen molar-refractivity contribution in [3.05, 3.63) is 42.2 Å². The lowest BCUT2D eigenvalue weighted by Crippen LogP contribution is -2.25. The third kappa shape index (κ3) is 3.24. The Hall–Kier alpha value is -1.53. The van der Waals surface area contributed by atoms with Crippen LogP contribution in [0.25, 0.3) is 0 Å². The maximum atomic E-state index is 13.5. The molecular weight excluding hydrogens is 257 g/mol. The molecule has 0 saturated heterocycles. The lowest BCUT2D eigenvalue weighted by molar-refractivity contribution is 0.0988. The highest BCUT2D eigenvalue weighted by Crippen LogP contribution is 2.17. The summed E-state index contributed by atoms with van der Waals surface area (Å²) in [6, 6.07) is 3.30. The van der Waals surface area contributed by atoms with Crippen LogP contribution in [-0.2, 0) is 10.0 Å². The zero-order valence-corrected chi connectivity index (χ0v) is 10.8. The van der Waals surface area contributed by atoms with E-state index in [0.29, 0.717) is 0 Å². The van der Waals surface area contributed by atoms with Gasteiger partial charge in [-0.1, -0.05) is 13.0 Å². The SMILES string of the molecule is C=CCNS(=O)(=O)c1cc(C(=O)CC)ccc1F. The average molecular weight is 271 g/mol. The second-order valence-electron chi connectivity index (χ2n) is 3.56. The number of rotatable bonds is 6. The number of sulfonamides is 1. The highest BCUT2D eigenvalue weighted by molar-refractivity contribution is 7.89. The van der Waals surface area contributed by atoms with E-state index in [4.69, 9.17) is 0 Å². The van der Waals surface area contributed by atoms with Gasteiger partial charge in [-0.3, -0.25) is 4.79 Å². The molecule has 0 aliphatic rings. The van der Waals surface area contributed by atoms with E-state index in [1.807, 2.05) is 0 Å². The molecular formula is C12H14FNO3S. The summed E-state index contributed by atoms with van der Waals surface area (Å²) in [6.45, 7) is 5.01. The Bertz CT molecular complexity index is 567. The van der Waals surface area contributed by atoms with Crippen LogP contribution in [0, 0.1) is 5.82 Å². The summed E-state index contributed by atoms with van der Waals surface area (Å²) < 4.78 is 39.2. The molecule has 0 aliphatic carbocycles. The minimum absolute atomic E-state index is 0.00623. The molecule has 0 atom stereocenters. The Morgan fingerprint density at radius 3 is 2.72 bits per heavy atom. The van der Waals surface area contributed by atoms with Crippen LogP contribution in [0.15, 0.2) is 35.7 Å². The molecule has 18 heavy (non-hydrogen) atoms. The molecule has 0 bridgehead atoms. The lowest BCUT2D eigenvalue weighted by Gasteiger charge is -2.07. The van der Waals surface area contributed by atoms with E-state index in [2.05, 4.69) is 11.3 Å². The molecule has 0 spiro atoms. The normalized spacial score (nSPS) is 11.2. The fourth-order valence-electron chi connectivity index (χ4n) is 1.33. The molecule has 4 nitrogen and oxygen atoms in total. The predicted octanol–water partition coefficient (Wildman–Crippen LogP) is 1.88. The highest BCUT2D eigenvalue weighted by Gasteiger charge is 2.19. The van der Waals surface area contributed by atoms with Crippen LogP contribution < -0.4 is 4.72 Å². The largest absolute Gasteiger partial charge is 0.294 e. The van der Waals surface area contributed by atoms with Crippen LogP contribution in [0.3, 0.4) is 0 Å². The standard InChI is InChI=1S/C12H14FNO3S/c1-3-7-14-18(16,17)12-8-9(11(15)4-2)5-6-10(12)13/h3,5-6,8,14H,1,4,7H2,2H3. The molecule has 1 N–H and O–H groups in total. The summed E-state index contributed by atoms with van der Waals surface area (Å²) in [4.78, 5) is 10.9. The number of nitrogens with one attached hydrogen (secondary N) is 1. The van der Waals surface area contributed by atoms with E-state index >= 15 is 0 Å². The molecule has 1 aromatic carbocycles. The van der Waals surface area contributed by atoms with Crippen molar-refractivity contribution in [2.24, 2.45) is 0 Å². The summed E-state index contributed by atoms with van der Waals surface area (Å²) >= 11 is 0. The first kappa shape index (κ1) is 14.5. The third-order valence-corrected chi connectivity index (χ3v) is 3.72. The topological polar surface area (TPSA) is 63.2 Å². The smallest absolute Gasteiger partial charge is 0.243 e. The summed E-state index contributed by atoms with van der Waals surface area (Å²) in [5.74, 6) is -1.13. The summed E-state index contributed by atoms with van der Waals surface area (Å²) in [7, 11) is -3.97. The second kappa shape index (κ2) is 5.88. The van der Waals surface area contributed by atoms with Gasteiger partial charge in [-0.05, 0) is 18.2 Å². The van der Waals surface area contributed by atoms with Gasteiger partial charge < -0.3 is 0 Å². The lowest BCUT2D eigenvalue weighted by atomic mass is 10.1. The molecule has 0 radical (unpaired) electrons. The van der Waals surface area contributed by atoms with Crippen LogP contribution in [0.5, 0.6) is 0 Å². The van der Waals surface area contributed by atoms with Crippen LogP contribution in [0.2, 0.25) is 0 Å². The molecule has 0 fully saturated rings. The molecule has 0 saturated carbocycles. The Labute approximate surface area is 106 Å². The van der Waals surface area contributed by atoms with Crippen LogP contribution in [0.4, 0.5) is 4.39 Å². The molecule has 0 aromatic heterocycles. The van der Waals surface area contributed by atoms with Gasteiger partial charge in [0.1, 0.15) is 10.7 Å². The zero-order chi connectivity index (χ0) is 13.8. The van der Waals surface area contributed by atoms with E-state index in [1.54, 1.807) is 6.92 Å². The van der Waals surface area contributed by atoms with Crippen molar-refractivity contribution >= 4 is 15.8 Å². The van der Waals surface area contributed by atoms with Gasteiger partial charge in [0.15, 0.2) is 5.78 Å². The van der Waals surface area contributed by atoms with Gasteiger partial charge in [0, 0.05) is 18.5 Å². The van der Waals surface area contributed by atoms with Gasteiger partial charge in [-0.2, -0.15) is 0 Å². The monoisotopic (exact) mass is 271 g/mol. The Morgan fingerprint density at radius 2 is 2.17 bits per heavy atom. The minimum Gasteiger partial charge on any atom is -0.294 e. The fraction of sp³-hybridized carbons (Fsp3) is 0.250. The van der Waals surface area contributed by atoms with Gasteiger partial charge in [0.2, 0.25) is 10.0 Å². The Balaban J connectivity index is 3.23. The number of ketones is 1. The van der Waals surface area contributed by atoms with E-state index in [9.17, 15) is 17.6 Å². The van der Waals surface area contributed by atoms with E-state index in [1.165, 1.54) is 12.1 Å². The van der Waals surface area contributed by atoms with Gasteiger partial charge in [-0.15, -0.1) is 6.58 Å². The van der Waals surface area contributed by atoms with Gasteiger partial charge in [0.05, 0.1) is 0 Å². The quantitative estimate of drug-likeness (QED) is 0.634. The number of benzene rings is 1. The highest BCUT2D eigenvalue weighted by atomic mass is 32.2. The first-order valence-corrected chi connectivity index (χ1v) is 6.84. The van der Waals surface area contributed by atoms with Crippen LogP contribution in [-0.4, -0.2) is 20.7 Å². The van der Waals surface area contributed by atoms with Crippen LogP contribution >= 0.6 is 0 Å². The molecule has 0 unspecified atom stereocenters. The molecule has 1 rings (SSSR count). The third-order valence-electron chi connectivity index (χ3n) is 2.28. The summed E-state index contributed by atoms with van der Waals surface area (Å²) in [5, 5.41) is 0. The Kier molecular flexibility index (Phi) is 4.75. The van der Waals surface area contributed by atoms with E-state index in [0.717, 1.165) is 12.1 Å². The van der Waals surface area contributed by atoms with E-state index in [-0.39, 0.29) is 24.3 Å². The summed E-state index contributed by atoms with van der Waals surface area (Å²) in [5.41, 5.74) is 0.179. The number of hydrogen-bond donors (Lipinski definition) is 1. The molecule has 0 heterocycles. The van der Waals surface area contributed by atoms with Crippen molar-refractivity contribution in [3.63, 3.8) is 0 Å². The van der Waals surface area contributed by atoms with Gasteiger partial charge in [-0.25, -0.2) is 17.5 Å². The number of halogens is 1. The maximum absolute atomic E-state index is 13.5. The van der Waals surface area contributed by atoms with Gasteiger partial charge in [0.25, 0.3) is 0 Å². The molecule has 98 valence electrons. The van der Waals surface area contributed by atoms with Crippen molar-refractivity contribution in [2.45, 2.75) is 18.2 Å². The number of Topliss-reactive ketones (excluding diaryl/α,β-unsaturated/α-hetero) is 1. The second-order valence-corrected chi connectivity index (χ2v) is 5.30.